The van der Waals surface area contributed by atoms with Gasteiger partial charge in [0.1, 0.15) is 28.2 Å². The number of amides is 1. The van der Waals surface area contributed by atoms with Crippen LogP contribution in [0.1, 0.15) is 44.7 Å². The van der Waals surface area contributed by atoms with Crippen LogP contribution in [0.25, 0.3) is 22.0 Å². The molecule has 1 fully saturated rings. The second-order valence-corrected chi connectivity index (χ2v) is 8.85. The molecule has 0 N–H and O–H groups in total. The molecule has 3 aromatic rings. The summed E-state index contributed by atoms with van der Waals surface area (Å²) in [4.78, 5) is 30.0. The number of imidazole rings is 1. The third kappa shape index (κ3) is 3.80. The van der Waals surface area contributed by atoms with Crippen LogP contribution < -0.4 is 5.43 Å². The van der Waals surface area contributed by atoms with Crippen molar-refractivity contribution in [3.63, 3.8) is 0 Å². The highest BCUT2D eigenvalue weighted by molar-refractivity contribution is 6.00. The zero-order valence-electron chi connectivity index (χ0n) is 17.8. The van der Waals surface area contributed by atoms with Crippen molar-refractivity contribution in [2.75, 3.05) is 13.1 Å². The molecule has 1 saturated heterocycles. The number of benzene rings is 1. The Morgan fingerprint density at radius 1 is 1.25 bits per heavy atom. The maximum Gasteiger partial charge on any atom is 0.449 e. The van der Waals surface area contributed by atoms with Crippen LogP contribution in [0.2, 0.25) is 0 Å². The van der Waals surface area contributed by atoms with Crippen molar-refractivity contribution in [2.24, 2.45) is 7.05 Å². The molecule has 1 aliphatic heterocycles. The van der Waals surface area contributed by atoms with E-state index in [0.29, 0.717) is 17.5 Å². The summed E-state index contributed by atoms with van der Waals surface area (Å²) in [5, 5.41) is -0.201. The predicted octanol–water partition coefficient (Wildman–Crippen LogP) is 4.56. The van der Waals surface area contributed by atoms with E-state index < -0.39 is 40.5 Å². The first-order valence-corrected chi connectivity index (χ1v) is 9.94. The van der Waals surface area contributed by atoms with Crippen LogP contribution in [-0.2, 0) is 18.0 Å². The average molecular weight is 455 g/mol. The first-order valence-electron chi connectivity index (χ1n) is 9.94. The minimum atomic E-state index is -4.82. The van der Waals surface area contributed by atoms with Gasteiger partial charge < -0.3 is 18.6 Å². The summed E-state index contributed by atoms with van der Waals surface area (Å²) in [6.07, 6.45) is -4.86. The summed E-state index contributed by atoms with van der Waals surface area (Å²) in [5.41, 5.74) is -2.28. The van der Waals surface area contributed by atoms with Crippen LogP contribution in [0.4, 0.5) is 22.4 Å². The minimum absolute atomic E-state index is 0.195. The fourth-order valence-corrected chi connectivity index (χ4v) is 3.90. The van der Waals surface area contributed by atoms with Gasteiger partial charge in [-0.05, 0) is 33.3 Å². The van der Waals surface area contributed by atoms with E-state index in [4.69, 9.17) is 9.15 Å². The number of carbonyl (C=O) groups is 1. The van der Waals surface area contributed by atoms with Gasteiger partial charge in [-0.2, -0.15) is 13.2 Å². The van der Waals surface area contributed by atoms with Gasteiger partial charge in [0.25, 0.3) is 0 Å². The van der Waals surface area contributed by atoms with Crippen LogP contribution in [0, 0.1) is 5.82 Å². The molecule has 1 amide bonds. The number of rotatable bonds is 1. The summed E-state index contributed by atoms with van der Waals surface area (Å²) in [6.45, 7) is 5.81. The van der Waals surface area contributed by atoms with E-state index in [-0.39, 0.29) is 34.7 Å². The topological polar surface area (TPSA) is 77.6 Å². The second kappa shape index (κ2) is 7.21. The number of halogens is 4. The zero-order chi connectivity index (χ0) is 23.6. The molecule has 3 heterocycles. The van der Waals surface area contributed by atoms with Gasteiger partial charge in [0, 0.05) is 32.1 Å². The maximum atomic E-state index is 14.6. The number of aromatic nitrogens is 2. The number of hydrogen-bond acceptors (Lipinski definition) is 5. The lowest BCUT2D eigenvalue weighted by molar-refractivity contribution is -0.146. The predicted molar refractivity (Wildman–Crippen MR) is 107 cm³/mol. The number of fused-ring (bicyclic) bond motifs is 3. The first kappa shape index (κ1) is 22.1. The Morgan fingerprint density at radius 2 is 1.94 bits per heavy atom. The Labute approximate surface area is 179 Å². The quantitative estimate of drug-likeness (QED) is 0.503. The summed E-state index contributed by atoms with van der Waals surface area (Å²) in [6, 6.07) is 2.04. The normalized spacial score (nSPS) is 17.5. The molecule has 1 atom stereocenters. The molecule has 32 heavy (non-hydrogen) atoms. The fraction of sp³-hybridized carbons (Fsp3) is 0.476. The van der Waals surface area contributed by atoms with Crippen molar-refractivity contribution in [3.8, 4) is 0 Å². The zero-order valence-corrected chi connectivity index (χ0v) is 17.8. The van der Waals surface area contributed by atoms with E-state index in [1.807, 2.05) is 0 Å². The molecule has 7 nitrogen and oxygen atoms in total. The van der Waals surface area contributed by atoms with Crippen LogP contribution in [0.3, 0.4) is 0 Å². The number of likely N-dealkylation sites (tertiary alicyclic amines) is 1. The lowest BCUT2D eigenvalue weighted by atomic mass is 10.0. The summed E-state index contributed by atoms with van der Waals surface area (Å²) in [5.74, 6) is -2.48. The minimum Gasteiger partial charge on any atom is -0.458 e. The van der Waals surface area contributed by atoms with Gasteiger partial charge >= 0.3 is 12.3 Å². The summed E-state index contributed by atoms with van der Waals surface area (Å²) < 4.78 is 66.3. The molecule has 1 aromatic carbocycles. The third-order valence-corrected chi connectivity index (χ3v) is 5.31. The summed E-state index contributed by atoms with van der Waals surface area (Å²) >= 11 is 0. The number of hydrogen-bond donors (Lipinski definition) is 0. The van der Waals surface area contributed by atoms with Gasteiger partial charge in [0.15, 0.2) is 11.0 Å². The van der Waals surface area contributed by atoms with Crippen LogP contribution in [0.15, 0.2) is 21.3 Å². The number of carbonyl (C=O) groups excluding carboxylic acids is 1. The van der Waals surface area contributed by atoms with Gasteiger partial charge in [0.05, 0.1) is 5.39 Å². The molecule has 2 aromatic heterocycles. The Hall–Kier alpha value is -3.11. The highest BCUT2D eigenvalue weighted by atomic mass is 19.4. The molecule has 1 unspecified atom stereocenters. The van der Waals surface area contributed by atoms with E-state index in [0.717, 1.165) is 13.1 Å². The van der Waals surface area contributed by atoms with E-state index >= 15 is 0 Å². The molecule has 0 aliphatic carbocycles. The average Bonchev–Trinajstić information content (AvgIpc) is 3.26. The van der Waals surface area contributed by atoms with Crippen molar-refractivity contribution >= 4 is 28.1 Å². The Balaban J connectivity index is 1.78. The Kier molecular flexibility index (Phi) is 4.98. The van der Waals surface area contributed by atoms with Crippen LogP contribution in [0.5, 0.6) is 0 Å². The number of alkyl halides is 3. The SMILES string of the molecule is Cn1c(C(F)(F)F)nc2c3oc(C4CCN(C(=O)OC(C)(C)C)C4)cc(=O)c3cc(F)c21. The van der Waals surface area contributed by atoms with Gasteiger partial charge in [-0.3, -0.25) is 4.79 Å². The van der Waals surface area contributed by atoms with Crippen LogP contribution >= 0.6 is 0 Å². The fourth-order valence-electron chi connectivity index (χ4n) is 3.90. The van der Waals surface area contributed by atoms with E-state index in [1.165, 1.54) is 11.0 Å². The van der Waals surface area contributed by atoms with E-state index in [2.05, 4.69) is 4.98 Å². The smallest absolute Gasteiger partial charge is 0.449 e. The van der Waals surface area contributed by atoms with Crippen molar-refractivity contribution in [1.29, 1.82) is 0 Å². The first-order chi connectivity index (χ1) is 14.8. The highest BCUT2D eigenvalue weighted by Crippen LogP contribution is 2.36. The molecule has 11 heteroatoms. The number of aryl methyl sites for hydroxylation is 1. The number of nitrogens with zero attached hydrogens (tertiary/aromatic N) is 3. The Morgan fingerprint density at radius 3 is 2.56 bits per heavy atom. The molecule has 0 bridgehead atoms. The van der Waals surface area contributed by atoms with Crippen molar-refractivity contribution < 1.29 is 31.5 Å². The lowest BCUT2D eigenvalue weighted by Gasteiger charge is -2.24. The van der Waals surface area contributed by atoms with E-state index in [9.17, 15) is 27.2 Å². The van der Waals surface area contributed by atoms with Crippen molar-refractivity contribution in [2.45, 2.75) is 44.9 Å². The number of ether oxygens (including phenoxy) is 1. The van der Waals surface area contributed by atoms with Crippen LogP contribution in [-0.4, -0.2) is 39.2 Å². The standard InChI is InChI=1S/C21H21F4N3O4/c1-20(2,3)32-19(30)28-6-5-10(9-28)14-8-13(29)11-7-12(22)16-15(17(11)31-14)26-18(27(16)4)21(23,24)25/h7-8,10H,5-6,9H2,1-4H3. The maximum absolute atomic E-state index is 14.6. The summed E-state index contributed by atoms with van der Waals surface area (Å²) in [7, 11) is 1.05. The molecule has 1 aliphatic rings. The van der Waals surface area contributed by atoms with Gasteiger partial charge in [-0.15, -0.1) is 0 Å². The second-order valence-electron chi connectivity index (χ2n) is 8.85. The molecule has 172 valence electrons. The van der Waals surface area contributed by atoms with Crippen molar-refractivity contribution in [1.82, 2.24) is 14.5 Å². The lowest BCUT2D eigenvalue weighted by Crippen LogP contribution is -2.35. The molecule has 4 rings (SSSR count). The molecule has 0 saturated carbocycles. The van der Waals surface area contributed by atoms with Gasteiger partial charge in [-0.1, -0.05) is 0 Å². The van der Waals surface area contributed by atoms with E-state index in [1.54, 1.807) is 20.8 Å². The molecular formula is C21H21F4N3O4. The highest BCUT2D eigenvalue weighted by Gasteiger charge is 2.38. The largest absolute Gasteiger partial charge is 0.458 e. The molecule has 0 spiro atoms. The van der Waals surface area contributed by atoms with Gasteiger partial charge in [0.2, 0.25) is 5.82 Å². The molecule has 0 radical (unpaired) electrons. The third-order valence-electron chi connectivity index (χ3n) is 5.31. The molecular weight excluding hydrogens is 434 g/mol. The van der Waals surface area contributed by atoms with Gasteiger partial charge in [-0.25, -0.2) is 14.2 Å². The monoisotopic (exact) mass is 455 g/mol. The van der Waals surface area contributed by atoms with Crippen molar-refractivity contribution in [3.05, 3.63) is 39.8 Å². The Bertz CT molecular complexity index is 1290.